The lowest BCUT2D eigenvalue weighted by Gasteiger charge is -2.08. The van der Waals surface area contributed by atoms with Crippen LogP contribution in [0.4, 0.5) is 0 Å². The van der Waals surface area contributed by atoms with Crippen molar-refractivity contribution in [1.82, 2.24) is 4.98 Å². The fraction of sp³-hybridized carbons (Fsp3) is 0.429. The van der Waals surface area contributed by atoms with Gasteiger partial charge in [0.25, 0.3) is 0 Å². The van der Waals surface area contributed by atoms with E-state index in [0.717, 1.165) is 23.9 Å². The number of oxazole rings is 1. The number of Topliss-reactive ketones (excluding diaryl/α,β-unsaturated/α-hetero) is 1. The highest BCUT2D eigenvalue weighted by Gasteiger charge is 2.23. The van der Waals surface area contributed by atoms with E-state index in [-0.39, 0.29) is 11.7 Å². The number of ketones is 1. The molecular weight excluding hydrogens is 214 g/mol. The first kappa shape index (κ1) is 11.8. The summed E-state index contributed by atoms with van der Waals surface area (Å²) in [4.78, 5) is 16.4. The van der Waals surface area contributed by atoms with Crippen molar-refractivity contribution in [3.8, 4) is 0 Å². The standard InChI is InChI=1S/C14H17NO2/c1-3-7-12(16)10(4-2)14-15-11-8-5-6-9-13(11)17-14/h5-6,8-10H,3-4,7H2,1-2H3. The number of carbonyl (C=O) groups is 1. The summed E-state index contributed by atoms with van der Waals surface area (Å²) in [7, 11) is 0. The van der Waals surface area contributed by atoms with E-state index in [1.807, 2.05) is 38.1 Å². The number of nitrogens with zero attached hydrogens (tertiary/aromatic N) is 1. The molecule has 3 heteroatoms. The van der Waals surface area contributed by atoms with E-state index in [0.29, 0.717) is 12.3 Å². The van der Waals surface area contributed by atoms with E-state index >= 15 is 0 Å². The fourth-order valence-electron chi connectivity index (χ4n) is 2.00. The monoisotopic (exact) mass is 231 g/mol. The summed E-state index contributed by atoms with van der Waals surface area (Å²) in [6, 6.07) is 7.61. The fourth-order valence-corrected chi connectivity index (χ4v) is 2.00. The lowest BCUT2D eigenvalue weighted by atomic mass is 9.98. The van der Waals surface area contributed by atoms with Crippen LogP contribution >= 0.6 is 0 Å². The van der Waals surface area contributed by atoms with Gasteiger partial charge >= 0.3 is 0 Å². The molecule has 1 aromatic heterocycles. The predicted octanol–water partition coefficient (Wildman–Crippen LogP) is 3.69. The first-order chi connectivity index (χ1) is 8.26. The van der Waals surface area contributed by atoms with Crippen molar-refractivity contribution in [2.45, 2.75) is 39.0 Å². The lowest BCUT2D eigenvalue weighted by Crippen LogP contribution is -2.11. The number of hydrogen-bond acceptors (Lipinski definition) is 3. The van der Waals surface area contributed by atoms with Gasteiger partial charge in [0.05, 0.1) is 5.92 Å². The summed E-state index contributed by atoms with van der Waals surface area (Å²) in [5.74, 6) is 0.594. The van der Waals surface area contributed by atoms with E-state index in [9.17, 15) is 4.79 Å². The van der Waals surface area contributed by atoms with Gasteiger partial charge < -0.3 is 4.42 Å². The number of para-hydroxylation sites is 2. The van der Waals surface area contributed by atoms with Crippen molar-refractivity contribution in [1.29, 1.82) is 0 Å². The van der Waals surface area contributed by atoms with Gasteiger partial charge in [-0.25, -0.2) is 4.98 Å². The van der Waals surface area contributed by atoms with E-state index in [4.69, 9.17) is 4.42 Å². The maximum absolute atomic E-state index is 12.0. The zero-order valence-corrected chi connectivity index (χ0v) is 10.3. The molecule has 0 spiro atoms. The second-order valence-electron chi connectivity index (χ2n) is 4.20. The predicted molar refractivity (Wildman–Crippen MR) is 67.0 cm³/mol. The Morgan fingerprint density at radius 1 is 1.35 bits per heavy atom. The van der Waals surface area contributed by atoms with Gasteiger partial charge in [-0.1, -0.05) is 26.0 Å². The average molecular weight is 231 g/mol. The number of hydrogen-bond donors (Lipinski definition) is 0. The van der Waals surface area contributed by atoms with Crippen LogP contribution in [0.3, 0.4) is 0 Å². The van der Waals surface area contributed by atoms with Crippen LogP contribution < -0.4 is 0 Å². The highest BCUT2D eigenvalue weighted by molar-refractivity contribution is 5.85. The molecule has 0 fully saturated rings. The minimum absolute atomic E-state index is 0.192. The van der Waals surface area contributed by atoms with Gasteiger partial charge in [0.1, 0.15) is 11.3 Å². The Hall–Kier alpha value is -1.64. The number of rotatable bonds is 5. The lowest BCUT2D eigenvalue weighted by molar-refractivity contribution is -0.121. The highest BCUT2D eigenvalue weighted by Crippen LogP contribution is 2.25. The Kier molecular flexibility index (Phi) is 3.57. The molecule has 0 saturated heterocycles. The molecule has 2 aromatic rings. The molecule has 1 heterocycles. The van der Waals surface area contributed by atoms with Crippen LogP contribution in [0.2, 0.25) is 0 Å². The first-order valence-electron chi connectivity index (χ1n) is 6.14. The summed E-state index contributed by atoms with van der Waals surface area (Å²) in [6.45, 7) is 4.00. The molecule has 17 heavy (non-hydrogen) atoms. The second-order valence-corrected chi connectivity index (χ2v) is 4.20. The maximum Gasteiger partial charge on any atom is 0.206 e. The van der Waals surface area contributed by atoms with Gasteiger partial charge in [-0.15, -0.1) is 0 Å². The van der Waals surface area contributed by atoms with E-state index < -0.39 is 0 Å². The summed E-state index contributed by atoms with van der Waals surface area (Å²) in [6.07, 6.45) is 2.21. The molecule has 0 saturated carbocycles. The van der Waals surface area contributed by atoms with Gasteiger partial charge in [0, 0.05) is 6.42 Å². The Labute approximate surface area is 101 Å². The van der Waals surface area contributed by atoms with E-state index in [1.54, 1.807) is 0 Å². The molecule has 0 aliphatic heterocycles. The van der Waals surface area contributed by atoms with Crippen molar-refractivity contribution in [3.05, 3.63) is 30.2 Å². The van der Waals surface area contributed by atoms with Crippen LogP contribution in [0.5, 0.6) is 0 Å². The molecule has 0 N–H and O–H groups in total. The van der Waals surface area contributed by atoms with Gasteiger partial charge in [-0.2, -0.15) is 0 Å². The molecule has 0 aliphatic carbocycles. The van der Waals surface area contributed by atoms with Crippen molar-refractivity contribution in [2.24, 2.45) is 0 Å². The van der Waals surface area contributed by atoms with E-state index in [1.165, 1.54) is 0 Å². The SMILES string of the molecule is CCCC(=O)C(CC)c1nc2ccccc2o1. The minimum atomic E-state index is -0.192. The molecule has 1 atom stereocenters. The third-order valence-electron chi connectivity index (χ3n) is 2.90. The topological polar surface area (TPSA) is 43.1 Å². The molecule has 0 aliphatic rings. The molecule has 1 unspecified atom stereocenters. The van der Waals surface area contributed by atoms with Crippen LogP contribution in [-0.2, 0) is 4.79 Å². The Balaban J connectivity index is 2.33. The zero-order valence-electron chi connectivity index (χ0n) is 10.3. The van der Waals surface area contributed by atoms with Crippen LogP contribution in [0.1, 0.15) is 44.9 Å². The van der Waals surface area contributed by atoms with Gasteiger partial charge in [-0.05, 0) is 25.0 Å². The molecule has 0 bridgehead atoms. The zero-order chi connectivity index (χ0) is 12.3. The normalized spacial score (nSPS) is 12.8. The molecule has 0 amide bonds. The van der Waals surface area contributed by atoms with Gasteiger partial charge in [-0.3, -0.25) is 4.79 Å². The number of fused-ring (bicyclic) bond motifs is 1. The molecule has 2 rings (SSSR count). The van der Waals surface area contributed by atoms with Crippen LogP contribution in [0, 0.1) is 0 Å². The third kappa shape index (κ3) is 2.38. The van der Waals surface area contributed by atoms with Gasteiger partial charge in [0.2, 0.25) is 5.89 Å². The summed E-state index contributed by atoms with van der Waals surface area (Å²) < 4.78 is 5.66. The number of benzene rings is 1. The van der Waals surface area contributed by atoms with Crippen molar-refractivity contribution in [3.63, 3.8) is 0 Å². The summed E-state index contributed by atoms with van der Waals surface area (Å²) in [5.41, 5.74) is 1.58. The van der Waals surface area contributed by atoms with Crippen molar-refractivity contribution in [2.75, 3.05) is 0 Å². The van der Waals surface area contributed by atoms with E-state index in [2.05, 4.69) is 4.98 Å². The van der Waals surface area contributed by atoms with Crippen molar-refractivity contribution >= 4 is 16.9 Å². The minimum Gasteiger partial charge on any atom is -0.440 e. The molecule has 90 valence electrons. The largest absolute Gasteiger partial charge is 0.440 e. The van der Waals surface area contributed by atoms with Crippen LogP contribution in [0.15, 0.2) is 28.7 Å². The van der Waals surface area contributed by atoms with Gasteiger partial charge in [0.15, 0.2) is 5.58 Å². The quantitative estimate of drug-likeness (QED) is 0.788. The molecular formula is C14H17NO2. The second kappa shape index (κ2) is 5.13. The molecule has 3 nitrogen and oxygen atoms in total. The maximum atomic E-state index is 12.0. The first-order valence-corrected chi connectivity index (χ1v) is 6.14. The summed E-state index contributed by atoms with van der Waals surface area (Å²) in [5, 5.41) is 0. The number of carbonyl (C=O) groups excluding carboxylic acids is 1. The molecule has 0 radical (unpaired) electrons. The van der Waals surface area contributed by atoms with Crippen LogP contribution in [-0.4, -0.2) is 10.8 Å². The highest BCUT2D eigenvalue weighted by atomic mass is 16.3. The van der Waals surface area contributed by atoms with Crippen LogP contribution in [0.25, 0.3) is 11.1 Å². The Morgan fingerprint density at radius 2 is 2.12 bits per heavy atom. The number of aromatic nitrogens is 1. The average Bonchev–Trinajstić information content (AvgIpc) is 2.73. The molecule has 1 aromatic carbocycles. The van der Waals surface area contributed by atoms with Crippen molar-refractivity contribution < 1.29 is 9.21 Å². The smallest absolute Gasteiger partial charge is 0.206 e. The Bertz CT molecular complexity index is 483. The Morgan fingerprint density at radius 3 is 2.76 bits per heavy atom. The summed E-state index contributed by atoms with van der Waals surface area (Å²) >= 11 is 0. The third-order valence-corrected chi connectivity index (χ3v) is 2.90.